The standard InChI is InChI=1S/C13H21N3O4S/c1-10(2)20-9-11-8-16(6-7-19-11)13-12(21(14,17)18)4-3-5-15-13/h3-5,10-11H,6-9H2,1-2H3,(H2,14,17,18). The zero-order valence-electron chi connectivity index (χ0n) is 12.2. The molecule has 118 valence electrons. The van der Waals surface area contributed by atoms with Crippen LogP contribution in [0.1, 0.15) is 13.8 Å². The van der Waals surface area contributed by atoms with Gasteiger partial charge in [0.25, 0.3) is 0 Å². The highest BCUT2D eigenvalue weighted by atomic mass is 32.2. The van der Waals surface area contributed by atoms with Crippen LogP contribution in [0.25, 0.3) is 0 Å². The number of anilines is 1. The molecule has 0 aromatic carbocycles. The number of primary sulfonamides is 1. The van der Waals surface area contributed by atoms with E-state index in [9.17, 15) is 8.42 Å². The Morgan fingerprint density at radius 3 is 3.00 bits per heavy atom. The average molecular weight is 315 g/mol. The van der Waals surface area contributed by atoms with Crippen LogP contribution in [0.5, 0.6) is 0 Å². The van der Waals surface area contributed by atoms with E-state index in [2.05, 4.69) is 4.98 Å². The summed E-state index contributed by atoms with van der Waals surface area (Å²) in [5, 5.41) is 5.25. The third-order valence-corrected chi connectivity index (χ3v) is 4.04. The maximum absolute atomic E-state index is 11.6. The van der Waals surface area contributed by atoms with Crippen molar-refractivity contribution >= 4 is 15.8 Å². The largest absolute Gasteiger partial charge is 0.376 e. The molecule has 0 amide bonds. The van der Waals surface area contributed by atoms with Crippen molar-refractivity contribution < 1.29 is 17.9 Å². The number of rotatable bonds is 5. The molecule has 7 nitrogen and oxygen atoms in total. The van der Waals surface area contributed by atoms with Crippen molar-refractivity contribution in [3.8, 4) is 0 Å². The van der Waals surface area contributed by atoms with Crippen LogP contribution in [0.15, 0.2) is 23.2 Å². The summed E-state index contributed by atoms with van der Waals surface area (Å²) in [5.74, 6) is 0.373. The zero-order chi connectivity index (χ0) is 15.5. The molecule has 1 aromatic rings. The number of nitrogens with zero attached hydrogens (tertiary/aromatic N) is 2. The molecule has 21 heavy (non-hydrogen) atoms. The lowest BCUT2D eigenvalue weighted by Gasteiger charge is -2.34. The van der Waals surface area contributed by atoms with Gasteiger partial charge in [-0.3, -0.25) is 0 Å². The fourth-order valence-electron chi connectivity index (χ4n) is 2.15. The summed E-state index contributed by atoms with van der Waals surface area (Å²) in [6.45, 7) is 5.96. The molecule has 2 heterocycles. The van der Waals surface area contributed by atoms with Gasteiger partial charge in [0.1, 0.15) is 10.7 Å². The Morgan fingerprint density at radius 1 is 1.57 bits per heavy atom. The number of nitrogens with two attached hydrogens (primary N) is 1. The van der Waals surface area contributed by atoms with Crippen LogP contribution in [0.3, 0.4) is 0 Å². The average Bonchev–Trinajstić information content (AvgIpc) is 2.44. The van der Waals surface area contributed by atoms with Crippen LogP contribution in [0, 0.1) is 0 Å². The van der Waals surface area contributed by atoms with Gasteiger partial charge in [0, 0.05) is 19.3 Å². The maximum Gasteiger partial charge on any atom is 0.241 e. The van der Waals surface area contributed by atoms with Crippen LogP contribution < -0.4 is 10.0 Å². The van der Waals surface area contributed by atoms with Gasteiger partial charge >= 0.3 is 0 Å². The van der Waals surface area contributed by atoms with E-state index in [1.54, 1.807) is 12.3 Å². The molecule has 2 rings (SSSR count). The molecule has 0 saturated carbocycles. The first kappa shape index (κ1) is 16.2. The summed E-state index contributed by atoms with van der Waals surface area (Å²) in [6.07, 6.45) is 1.56. The first-order valence-electron chi connectivity index (χ1n) is 6.84. The normalized spacial score (nSPS) is 20.0. The monoisotopic (exact) mass is 315 g/mol. The van der Waals surface area contributed by atoms with Crippen molar-refractivity contribution in [2.24, 2.45) is 5.14 Å². The fourth-order valence-corrected chi connectivity index (χ4v) is 2.86. The van der Waals surface area contributed by atoms with Crippen LogP contribution >= 0.6 is 0 Å². The summed E-state index contributed by atoms with van der Waals surface area (Å²) in [6, 6.07) is 3.02. The second-order valence-electron chi connectivity index (χ2n) is 5.19. The van der Waals surface area contributed by atoms with Crippen molar-refractivity contribution in [2.75, 3.05) is 31.2 Å². The quantitative estimate of drug-likeness (QED) is 0.843. The van der Waals surface area contributed by atoms with Crippen LogP contribution in [-0.2, 0) is 19.5 Å². The Morgan fingerprint density at radius 2 is 2.33 bits per heavy atom. The van der Waals surface area contributed by atoms with E-state index in [4.69, 9.17) is 14.6 Å². The highest BCUT2D eigenvalue weighted by molar-refractivity contribution is 7.89. The van der Waals surface area contributed by atoms with Crippen LogP contribution in [0.4, 0.5) is 5.82 Å². The predicted molar refractivity (Wildman–Crippen MR) is 78.7 cm³/mol. The Kier molecular flexibility index (Phi) is 5.15. The minimum absolute atomic E-state index is 0.0374. The summed E-state index contributed by atoms with van der Waals surface area (Å²) in [7, 11) is -3.80. The molecule has 1 saturated heterocycles. The molecule has 1 fully saturated rings. The molecule has 1 unspecified atom stereocenters. The number of sulfonamides is 1. The van der Waals surface area contributed by atoms with E-state index in [-0.39, 0.29) is 17.1 Å². The van der Waals surface area contributed by atoms with E-state index >= 15 is 0 Å². The number of ether oxygens (including phenoxy) is 2. The second-order valence-corrected chi connectivity index (χ2v) is 6.72. The number of hydrogen-bond donors (Lipinski definition) is 1. The summed E-state index contributed by atoms with van der Waals surface area (Å²) < 4.78 is 34.5. The molecule has 1 atom stereocenters. The summed E-state index contributed by atoms with van der Waals surface area (Å²) in [4.78, 5) is 6.08. The molecule has 0 radical (unpaired) electrons. The van der Waals surface area contributed by atoms with Gasteiger partial charge in [0.05, 0.1) is 25.4 Å². The van der Waals surface area contributed by atoms with Gasteiger partial charge in [0.2, 0.25) is 10.0 Å². The first-order valence-corrected chi connectivity index (χ1v) is 8.38. The van der Waals surface area contributed by atoms with E-state index in [1.807, 2.05) is 18.7 Å². The minimum Gasteiger partial charge on any atom is -0.376 e. The van der Waals surface area contributed by atoms with Crippen molar-refractivity contribution in [1.82, 2.24) is 4.98 Å². The molecular formula is C13H21N3O4S. The third-order valence-electron chi connectivity index (χ3n) is 3.11. The Bertz CT molecular complexity index is 577. The maximum atomic E-state index is 11.6. The van der Waals surface area contributed by atoms with E-state index in [0.717, 1.165) is 0 Å². The van der Waals surface area contributed by atoms with Gasteiger partial charge < -0.3 is 14.4 Å². The molecule has 0 aliphatic carbocycles. The predicted octanol–water partition coefficient (Wildman–Crippen LogP) is 0.359. The van der Waals surface area contributed by atoms with Gasteiger partial charge in [-0.05, 0) is 26.0 Å². The van der Waals surface area contributed by atoms with Gasteiger partial charge in [-0.2, -0.15) is 0 Å². The highest BCUT2D eigenvalue weighted by Crippen LogP contribution is 2.23. The van der Waals surface area contributed by atoms with E-state index in [0.29, 0.717) is 32.1 Å². The molecule has 1 aliphatic rings. The van der Waals surface area contributed by atoms with Gasteiger partial charge in [-0.1, -0.05) is 0 Å². The van der Waals surface area contributed by atoms with Gasteiger partial charge in [-0.25, -0.2) is 18.5 Å². The van der Waals surface area contributed by atoms with Gasteiger partial charge in [0.15, 0.2) is 0 Å². The topological polar surface area (TPSA) is 94.7 Å². The smallest absolute Gasteiger partial charge is 0.241 e. The second kappa shape index (κ2) is 6.69. The first-order chi connectivity index (χ1) is 9.88. The molecule has 1 aromatic heterocycles. The lowest BCUT2D eigenvalue weighted by Crippen LogP contribution is -2.45. The molecule has 2 N–H and O–H groups in total. The Hall–Kier alpha value is -1.22. The molecule has 1 aliphatic heterocycles. The molecule has 8 heteroatoms. The number of aromatic nitrogens is 1. The van der Waals surface area contributed by atoms with E-state index < -0.39 is 10.0 Å². The zero-order valence-corrected chi connectivity index (χ0v) is 13.0. The Labute approximate surface area is 125 Å². The lowest BCUT2D eigenvalue weighted by molar-refractivity contribution is -0.0408. The van der Waals surface area contributed by atoms with Crippen LogP contribution in [-0.4, -0.2) is 51.9 Å². The lowest BCUT2D eigenvalue weighted by atomic mass is 10.2. The number of pyridine rings is 1. The molecule has 0 spiro atoms. The van der Waals surface area contributed by atoms with E-state index in [1.165, 1.54) is 6.07 Å². The third kappa shape index (κ3) is 4.37. The summed E-state index contributed by atoms with van der Waals surface area (Å²) in [5.41, 5.74) is 0. The van der Waals surface area contributed by atoms with Crippen molar-refractivity contribution in [3.05, 3.63) is 18.3 Å². The number of morpholine rings is 1. The SMILES string of the molecule is CC(C)OCC1CN(c2ncccc2S(N)(=O)=O)CCO1. The fraction of sp³-hybridized carbons (Fsp3) is 0.615. The Balaban J connectivity index is 2.15. The van der Waals surface area contributed by atoms with Crippen molar-refractivity contribution in [3.63, 3.8) is 0 Å². The van der Waals surface area contributed by atoms with Crippen molar-refractivity contribution in [1.29, 1.82) is 0 Å². The molecule has 0 bridgehead atoms. The molecular weight excluding hydrogens is 294 g/mol. The number of hydrogen-bond acceptors (Lipinski definition) is 6. The highest BCUT2D eigenvalue weighted by Gasteiger charge is 2.26. The van der Waals surface area contributed by atoms with Crippen LogP contribution in [0.2, 0.25) is 0 Å². The van der Waals surface area contributed by atoms with Gasteiger partial charge in [-0.15, -0.1) is 0 Å². The minimum atomic E-state index is -3.80. The van der Waals surface area contributed by atoms with Crippen molar-refractivity contribution in [2.45, 2.75) is 31.0 Å². The summed E-state index contributed by atoms with van der Waals surface area (Å²) >= 11 is 0.